The van der Waals surface area contributed by atoms with Gasteiger partial charge in [0.1, 0.15) is 0 Å². The first kappa shape index (κ1) is 22.1. The minimum atomic E-state index is 0.0795. The lowest BCUT2D eigenvalue weighted by atomic mass is 10.1. The quantitative estimate of drug-likeness (QED) is 0.340. The van der Waals surface area contributed by atoms with Crippen molar-refractivity contribution in [2.45, 2.75) is 77.7 Å². The number of ether oxygens (including phenoxy) is 1. The lowest BCUT2D eigenvalue weighted by molar-refractivity contribution is -0.121. The predicted molar refractivity (Wildman–Crippen MR) is 107 cm³/mol. The Morgan fingerprint density at radius 1 is 1.08 bits per heavy atom. The number of allylic oxidation sites excluding steroid dienone is 2. The van der Waals surface area contributed by atoms with E-state index in [4.69, 9.17) is 4.74 Å². The molecule has 4 heteroatoms. The number of hydrogen-bond acceptors (Lipinski definition) is 3. The molecule has 4 nitrogen and oxygen atoms in total. The Balaban J connectivity index is 2.03. The summed E-state index contributed by atoms with van der Waals surface area (Å²) in [5.41, 5.74) is 0.917. The smallest absolute Gasteiger partial charge is 0.220 e. The summed E-state index contributed by atoms with van der Waals surface area (Å²) >= 11 is 0. The summed E-state index contributed by atoms with van der Waals surface area (Å²) in [6.45, 7) is 2.68. The first-order valence-electron chi connectivity index (χ1n) is 9.95. The van der Waals surface area contributed by atoms with Crippen LogP contribution >= 0.6 is 0 Å². The first-order chi connectivity index (χ1) is 12.7. The summed E-state index contributed by atoms with van der Waals surface area (Å²) < 4.78 is 5.07. The van der Waals surface area contributed by atoms with E-state index in [9.17, 15) is 9.90 Å². The van der Waals surface area contributed by atoms with E-state index in [1.807, 2.05) is 0 Å². The van der Waals surface area contributed by atoms with Gasteiger partial charge >= 0.3 is 0 Å². The van der Waals surface area contributed by atoms with Crippen LogP contribution in [0, 0.1) is 0 Å². The highest BCUT2D eigenvalue weighted by Crippen LogP contribution is 2.26. The zero-order chi connectivity index (χ0) is 19.0. The van der Waals surface area contributed by atoms with Crippen LogP contribution in [0.2, 0.25) is 0 Å². The fraction of sp³-hybridized carbons (Fsp3) is 0.591. The van der Waals surface area contributed by atoms with Crippen molar-refractivity contribution in [3.8, 4) is 11.5 Å². The van der Waals surface area contributed by atoms with Crippen LogP contribution < -0.4 is 10.1 Å². The third kappa shape index (κ3) is 10.1. The van der Waals surface area contributed by atoms with Gasteiger partial charge in [-0.3, -0.25) is 4.79 Å². The van der Waals surface area contributed by atoms with E-state index in [1.165, 1.54) is 52.1 Å². The number of benzene rings is 1. The molecule has 0 unspecified atom stereocenters. The standard InChI is InChI=1S/C22H35NO3/c1-3-4-5-6-7-8-9-10-11-12-13-14-22(25)23-18-19-15-16-20(24)21(17-19)26-2/h6-7,15-17,24H,3-5,8-14,18H2,1-2H3,(H,23,25)/b7-6+. The molecule has 0 atom stereocenters. The van der Waals surface area contributed by atoms with Crippen molar-refractivity contribution in [1.29, 1.82) is 0 Å². The molecule has 0 saturated heterocycles. The zero-order valence-corrected chi connectivity index (χ0v) is 16.4. The van der Waals surface area contributed by atoms with Crippen molar-refractivity contribution in [1.82, 2.24) is 5.32 Å². The van der Waals surface area contributed by atoms with Crippen molar-refractivity contribution in [3.05, 3.63) is 35.9 Å². The average molecular weight is 362 g/mol. The molecule has 0 bridgehead atoms. The van der Waals surface area contributed by atoms with Crippen molar-refractivity contribution >= 4 is 5.91 Å². The molecule has 0 aliphatic heterocycles. The molecular weight excluding hydrogens is 326 g/mol. The summed E-state index contributed by atoms with van der Waals surface area (Å²) in [7, 11) is 1.51. The Morgan fingerprint density at radius 3 is 2.50 bits per heavy atom. The van der Waals surface area contributed by atoms with Gasteiger partial charge in [-0.15, -0.1) is 0 Å². The van der Waals surface area contributed by atoms with Crippen molar-refractivity contribution in [2.24, 2.45) is 0 Å². The zero-order valence-electron chi connectivity index (χ0n) is 16.4. The monoisotopic (exact) mass is 361 g/mol. The maximum Gasteiger partial charge on any atom is 0.220 e. The van der Waals surface area contributed by atoms with Gasteiger partial charge in [0.25, 0.3) is 0 Å². The normalized spacial score (nSPS) is 11.0. The number of carbonyl (C=O) groups excluding carboxylic acids is 1. The number of rotatable bonds is 14. The van der Waals surface area contributed by atoms with Crippen LogP contribution in [0.15, 0.2) is 30.4 Å². The lowest BCUT2D eigenvalue weighted by Crippen LogP contribution is -2.22. The second kappa shape index (κ2) is 14.2. The fourth-order valence-corrected chi connectivity index (χ4v) is 2.76. The molecule has 1 amide bonds. The van der Waals surface area contributed by atoms with E-state index in [2.05, 4.69) is 24.4 Å². The van der Waals surface area contributed by atoms with Gasteiger partial charge in [0, 0.05) is 13.0 Å². The predicted octanol–water partition coefficient (Wildman–Crippen LogP) is 5.49. The molecule has 26 heavy (non-hydrogen) atoms. The van der Waals surface area contributed by atoms with Crippen molar-refractivity contribution in [3.63, 3.8) is 0 Å². The summed E-state index contributed by atoms with van der Waals surface area (Å²) in [6, 6.07) is 5.11. The molecule has 0 fully saturated rings. The molecule has 0 aliphatic rings. The topological polar surface area (TPSA) is 58.6 Å². The summed E-state index contributed by atoms with van der Waals surface area (Å²) in [6.07, 6.45) is 15.9. The second-order valence-corrected chi connectivity index (χ2v) is 6.70. The van der Waals surface area contributed by atoms with Crippen LogP contribution in [0.3, 0.4) is 0 Å². The molecule has 1 rings (SSSR count). The summed E-state index contributed by atoms with van der Waals surface area (Å²) in [5, 5.41) is 12.5. The van der Waals surface area contributed by atoms with Gasteiger partial charge < -0.3 is 15.2 Å². The maximum atomic E-state index is 11.9. The number of phenols is 1. The van der Waals surface area contributed by atoms with Crippen LogP contribution in [-0.2, 0) is 11.3 Å². The van der Waals surface area contributed by atoms with Crippen LogP contribution in [0.1, 0.15) is 76.7 Å². The Morgan fingerprint density at radius 2 is 1.77 bits per heavy atom. The number of nitrogens with one attached hydrogen (secondary N) is 1. The number of amides is 1. The third-order valence-corrected chi connectivity index (χ3v) is 4.40. The highest BCUT2D eigenvalue weighted by Gasteiger charge is 2.05. The molecule has 1 aromatic rings. The van der Waals surface area contributed by atoms with E-state index in [1.54, 1.807) is 18.2 Å². The lowest BCUT2D eigenvalue weighted by Gasteiger charge is -2.08. The third-order valence-electron chi connectivity index (χ3n) is 4.40. The van der Waals surface area contributed by atoms with Gasteiger partial charge in [-0.05, 0) is 43.4 Å². The van der Waals surface area contributed by atoms with Crippen LogP contribution in [-0.4, -0.2) is 18.1 Å². The van der Waals surface area contributed by atoms with Gasteiger partial charge in [0.05, 0.1) is 7.11 Å². The summed E-state index contributed by atoms with van der Waals surface area (Å²) in [5.74, 6) is 0.617. The fourth-order valence-electron chi connectivity index (χ4n) is 2.76. The molecular formula is C22H35NO3. The minimum absolute atomic E-state index is 0.0795. The van der Waals surface area contributed by atoms with Crippen LogP contribution in [0.5, 0.6) is 11.5 Å². The van der Waals surface area contributed by atoms with E-state index in [-0.39, 0.29) is 11.7 Å². The average Bonchev–Trinajstić information content (AvgIpc) is 2.65. The van der Waals surface area contributed by atoms with Crippen LogP contribution in [0.25, 0.3) is 0 Å². The molecule has 0 aliphatic carbocycles. The molecule has 0 aromatic heterocycles. The second-order valence-electron chi connectivity index (χ2n) is 6.70. The first-order valence-corrected chi connectivity index (χ1v) is 9.95. The van der Waals surface area contributed by atoms with Crippen LogP contribution in [0.4, 0.5) is 0 Å². The van der Waals surface area contributed by atoms with E-state index < -0.39 is 0 Å². The van der Waals surface area contributed by atoms with Gasteiger partial charge in [-0.25, -0.2) is 0 Å². The Labute approximate surface area is 158 Å². The largest absolute Gasteiger partial charge is 0.504 e. The number of unbranched alkanes of at least 4 members (excludes halogenated alkanes) is 7. The number of carbonyl (C=O) groups is 1. The van der Waals surface area contributed by atoms with Gasteiger partial charge in [-0.2, -0.15) is 0 Å². The number of hydrogen-bond donors (Lipinski definition) is 2. The van der Waals surface area contributed by atoms with Gasteiger partial charge in [-0.1, -0.05) is 57.2 Å². The SMILES string of the molecule is CCCC/C=C/CCCCCCCC(=O)NCc1ccc(O)c(OC)c1. The highest BCUT2D eigenvalue weighted by atomic mass is 16.5. The van der Waals surface area contributed by atoms with E-state index in [0.29, 0.717) is 18.7 Å². The molecule has 0 heterocycles. The molecule has 1 aromatic carbocycles. The van der Waals surface area contributed by atoms with Gasteiger partial charge in [0.2, 0.25) is 5.91 Å². The number of phenolic OH excluding ortho intramolecular Hbond substituents is 1. The molecule has 146 valence electrons. The highest BCUT2D eigenvalue weighted by molar-refractivity contribution is 5.75. The van der Waals surface area contributed by atoms with E-state index >= 15 is 0 Å². The number of aromatic hydroxyl groups is 1. The molecule has 0 saturated carbocycles. The minimum Gasteiger partial charge on any atom is -0.504 e. The van der Waals surface area contributed by atoms with Gasteiger partial charge in [0.15, 0.2) is 11.5 Å². The Bertz CT molecular complexity index is 540. The Kier molecular flexibility index (Phi) is 12.1. The number of methoxy groups -OCH3 is 1. The van der Waals surface area contributed by atoms with Crippen molar-refractivity contribution in [2.75, 3.05) is 7.11 Å². The van der Waals surface area contributed by atoms with Crippen molar-refractivity contribution < 1.29 is 14.6 Å². The Hall–Kier alpha value is -1.97. The van der Waals surface area contributed by atoms with E-state index in [0.717, 1.165) is 18.4 Å². The molecule has 2 N–H and O–H groups in total. The summed E-state index contributed by atoms with van der Waals surface area (Å²) in [4.78, 5) is 11.9. The molecule has 0 spiro atoms. The molecule has 0 radical (unpaired) electrons. The maximum absolute atomic E-state index is 11.9.